The third kappa shape index (κ3) is 3.66. The van der Waals surface area contributed by atoms with Crippen molar-refractivity contribution in [3.8, 4) is 0 Å². The molecule has 2 aromatic carbocycles. The maximum Gasteiger partial charge on any atom is 0.137 e. The average Bonchev–Trinajstić information content (AvgIpc) is 3.28. The lowest BCUT2D eigenvalue weighted by Gasteiger charge is -2.12. The first kappa shape index (κ1) is 14.6. The van der Waals surface area contributed by atoms with Gasteiger partial charge in [0, 0.05) is 17.5 Å². The monoisotopic (exact) mass is 301 g/mol. The zero-order chi connectivity index (χ0) is 14.8. The van der Waals surface area contributed by atoms with E-state index in [9.17, 15) is 4.39 Å². The molecule has 0 amide bonds. The summed E-state index contributed by atoms with van der Waals surface area (Å²) in [5, 5.41) is 3.47. The Morgan fingerprint density at radius 1 is 1.14 bits per heavy atom. The molecule has 3 rings (SSSR count). The van der Waals surface area contributed by atoms with Crippen LogP contribution in [0.15, 0.2) is 46.2 Å². The van der Waals surface area contributed by atoms with Crippen molar-refractivity contribution in [2.75, 3.05) is 0 Å². The molecule has 1 nitrogen and oxygen atoms in total. The lowest BCUT2D eigenvalue weighted by atomic mass is 10.1. The van der Waals surface area contributed by atoms with Crippen molar-refractivity contribution in [1.82, 2.24) is 5.32 Å². The van der Waals surface area contributed by atoms with Gasteiger partial charge in [0.1, 0.15) is 5.82 Å². The summed E-state index contributed by atoms with van der Waals surface area (Å²) in [6.07, 6.45) is 2.49. The Balaban J connectivity index is 1.83. The van der Waals surface area contributed by atoms with Crippen molar-refractivity contribution < 1.29 is 4.39 Å². The molecule has 0 spiro atoms. The number of rotatable bonds is 5. The fourth-order valence-corrected chi connectivity index (χ4v) is 3.29. The molecule has 1 saturated carbocycles. The Morgan fingerprint density at radius 2 is 1.95 bits per heavy atom. The van der Waals surface area contributed by atoms with Crippen LogP contribution in [0.4, 0.5) is 4.39 Å². The van der Waals surface area contributed by atoms with Crippen LogP contribution in [0.5, 0.6) is 0 Å². The second-order valence-corrected chi connectivity index (χ2v) is 6.82. The predicted molar refractivity (Wildman–Crippen MR) is 86.3 cm³/mol. The quantitative estimate of drug-likeness (QED) is 0.847. The Morgan fingerprint density at radius 3 is 2.67 bits per heavy atom. The van der Waals surface area contributed by atoms with Crippen molar-refractivity contribution in [3.05, 3.63) is 58.9 Å². The Labute approximate surface area is 130 Å². The van der Waals surface area contributed by atoms with Crippen LogP contribution in [-0.4, -0.2) is 6.04 Å². The van der Waals surface area contributed by atoms with E-state index in [1.807, 2.05) is 6.07 Å². The largest absolute Gasteiger partial charge is 0.310 e. The average molecular weight is 301 g/mol. The molecule has 0 aliphatic heterocycles. The molecule has 1 fully saturated rings. The van der Waals surface area contributed by atoms with Crippen molar-refractivity contribution >= 4 is 11.8 Å². The summed E-state index contributed by atoms with van der Waals surface area (Å²) in [4.78, 5) is 1.84. The Bertz CT molecular complexity index is 650. The van der Waals surface area contributed by atoms with Gasteiger partial charge in [-0.2, -0.15) is 0 Å². The predicted octanol–water partition coefficient (Wildman–Crippen LogP) is 4.85. The van der Waals surface area contributed by atoms with Crippen LogP contribution >= 0.6 is 11.8 Å². The molecule has 0 aromatic heterocycles. The summed E-state index contributed by atoms with van der Waals surface area (Å²) in [6.45, 7) is 4.93. The first-order chi connectivity index (χ1) is 10.1. The molecule has 0 radical (unpaired) electrons. The lowest BCUT2D eigenvalue weighted by molar-refractivity contribution is 0.589. The molecule has 0 heterocycles. The highest BCUT2D eigenvalue weighted by Crippen LogP contribution is 2.34. The van der Waals surface area contributed by atoms with Crippen molar-refractivity contribution in [1.29, 1.82) is 0 Å². The Hall–Kier alpha value is -1.32. The second kappa shape index (κ2) is 6.20. The minimum atomic E-state index is -0.131. The van der Waals surface area contributed by atoms with E-state index in [0.29, 0.717) is 6.04 Å². The maximum atomic E-state index is 14.2. The van der Waals surface area contributed by atoms with E-state index in [1.54, 1.807) is 12.1 Å². The molecule has 0 saturated heterocycles. The second-order valence-electron chi connectivity index (χ2n) is 5.73. The number of hydrogen-bond acceptors (Lipinski definition) is 2. The smallest absolute Gasteiger partial charge is 0.137 e. The molecular formula is C18H20FNS. The van der Waals surface area contributed by atoms with Crippen molar-refractivity contribution in [2.45, 2.75) is 49.1 Å². The topological polar surface area (TPSA) is 12.0 Å². The minimum absolute atomic E-state index is 0.131. The zero-order valence-electron chi connectivity index (χ0n) is 12.4. The lowest BCUT2D eigenvalue weighted by Crippen LogP contribution is -2.16. The van der Waals surface area contributed by atoms with Gasteiger partial charge in [-0.3, -0.25) is 0 Å². The Kier molecular flexibility index (Phi) is 4.32. The zero-order valence-corrected chi connectivity index (χ0v) is 13.3. The first-order valence-corrected chi connectivity index (χ1v) is 8.21. The molecule has 110 valence electrons. The molecule has 0 bridgehead atoms. The van der Waals surface area contributed by atoms with E-state index < -0.39 is 0 Å². The van der Waals surface area contributed by atoms with Gasteiger partial charge in [-0.05, 0) is 61.6 Å². The van der Waals surface area contributed by atoms with Crippen LogP contribution in [-0.2, 0) is 6.54 Å². The molecule has 1 aliphatic carbocycles. The van der Waals surface area contributed by atoms with Gasteiger partial charge in [0.25, 0.3) is 0 Å². The van der Waals surface area contributed by atoms with Crippen LogP contribution in [0, 0.1) is 19.7 Å². The summed E-state index contributed by atoms with van der Waals surface area (Å²) in [7, 11) is 0. The van der Waals surface area contributed by atoms with E-state index in [4.69, 9.17) is 0 Å². The highest BCUT2D eigenvalue weighted by Gasteiger charge is 2.21. The number of benzene rings is 2. The van der Waals surface area contributed by atoms with Gasteiger partial charge in [0.15, 0.2) is 0 Å². The van der Waals surface area contributed by atoms with Crippen LogP contribution < -0.4 is 5.32 Å². The standard InChI is InChI=1S/C18H20FNS/c1-12-6-9-16(10-13(12)2)21-18-14(4-3-5-17(18)19)11-20-15-7-8-15/h3-6,9-10,15,20H,7-8,11H2,1-2H3. The third-order valence-corrected chi connectivity index (χ3v) is 5.06. The minimum Gasteiger partial charge on any atom is -0.310 e. The number of halogens is 1. The number of hydrogen-bond donors (Lipinski definition) is 1. The molecule has 1 N–H and O–H groups in total. The molecule has 21 heavy (non-hydrogen) atoms. The molecular weight excluding hydrogens is 281 g/mol. The number of nitrogens with one attached hydrogen (secondary N) is 1. The van der Waals surface area contributed by atoms with Crippen LogP contribution in [0.2, 0.25) is 0 Å². The van der Waals surface area contributed by atoms with Crippen LogP contribution in [0.3, 0.4) is 0 Å². The molecule has 2 aromatic rings. The highest BCUT2D eigenvalue weighted by atomic mass is 32.2. The summed E-state index contributed by atoms with van der Waals surface area (Å²) < 4.78 is 14.2. The van der Waals surface area contributed by atoms with Crippen molar-refractivity contribution in [2.24, 2.45) is 0 Å². The molecule has 0 unspecified atom stereocenters. The van der Waals surface area contributed by atoms with Gasteiger partial charge < -0.3 is 5.32 Å². The van der Waals surface area contributed by atoms with Gasteiger partial charge in [0.05, 0.1) is 4.90 Å². The van der Waals surface area contributed by atoms with Crippen LogP contribution in [0.1, 0.15) is 29.5 Å². The summed E-state index contributed by atoms with van der Waals surface area (Å²) in [5.41, 5.74) is 3.56. The van der Waals surface area contributed by atoms with E-state index in [0.717, 1.165) is 21.9 Å². The number of aryl methyl sites for hydroxylation is 2. The molecule has 3 heteroatoms. The van der Waals surface area contributed by atoms with Gasteiger partial charge >= 0.3 is 0 Å². The van der Waals surface area contributed by atoms with Gasteiger partial charge in [-0.15, -0.1) is 0 Å². The van der Waals surface area contributed by atoms with E-state index in [-0.39, 0.29) is 5.82 Å². The normalized spacial score (nSPS) is 14.4. The SMILES string of the molecule is Cc1ccc(Sc2c(F)cccc2CNC2CC2)cc1C. The molecule has 1 aliphatic rings. The van der Waals surface area contributed by atoms with E-state index >= 15 is 0 Å². The summed E-state index contributed by atoms with van der Waals surface area (Å²) in [6, 6.07) is 12.3. The van der Waals surface area contributed by atoms with Gasteiger partial charge in [-0.25, -0.2) is 4.39 Å². The van der Waals surface area contributed by atoms with Gasteiger partial charge in [0.2, 0.25) is 0 Å². The third-order valence-electron chi connectivity index (χ3n) is 3.91. The fraction of sp³-hybridized carbons (Fsp3) is 0.333. The van der Waals surface area contributed by atoms with Gasteiger partial charge in [-0.1, -0.05) is 30.0 Å². The molecule has 0 atom stereocenters. The van der Waals surface area contributed by atoms with E-state index in [2.05, 4.69) is 37.4 Å². The fourth-order valence-electron chi connectivity index (χ4n) is 2.24. The first-order valence-electron chi connectivity index (χ1n) is 7.39. The highest BCUT2D eigenvalue weighted by molar-refractivity contribution is 7.99. The van der Waals surface area contributed by atoms with Crippen molar-refractivity contribution in [3.63, 3.8) is 0 Å². The summed E-state index contributed by atoms with van der Waals surface area (Å²) in [5.74, 6) is -0.131. The van der Waals surface area contributed by atoms with Crippen LogP contribution in [0.25, 0.3) is 0 Å². The van der Waals surface area contributed by atoms with E-state index in [1.165, 1.54) is 35.7 Å². The maximum absolute atomic E-state index is 14.2. The summed E-state index contributed by atoms with van der Waals surface area (Å²) >= 11 is 1.52.